The minimum atomic E-state index is -0.807. The number of halogens is 2. The van der Waals surface area contributed by atoms with Crippen LogP contribution in [0.5, 0.6) is 5.75 Å². The average Bonchev–Trinajstić information content (AvgIpc) is 2.79. The number of esters is 1. The zero-order valence-electron chi connectivity index (χ0n) is 18.8. The van der Waals surface area contributed by atoms with Crippen molar-refractivity contribution in [2.24, 2.45) is 17.8 Å². The van der Waals surface area contributed by atoms with Gasteiger partial charge in [-0.25, -0.2) is 13.6 Å². The minimum Gasteiger partial charge on any atom is -0.423 e. The van der Waals surface area contributed by atoms with Crippen molar-refractivity contribution in [3.05, 3.63) is 77.4 Å². The van der Waals surface area contributed by atoms with E-state index in [-0.39, 0.29) is 11.3 Å². The van der Waals surface area contributed by atoms with E-state index in [1.165, 1.54) is 56.4 Å². The lowest BCUT2D eigenvalue weighted by Crippen LogP contribution is -2.30. The Kier molecular flexibility index (Phi) is 7.07. The standard InChI is InChI=1S/C28H32F2O2/c1-3-4-5-19-7-8-21-15-22(10-9-20(21)14-19)23-11-13-25(27(30)16-23)28(31)32-24-12-6-18(2)26(29)17-24/h3,6,11-13,16-17,19-22H,1,4-5,7-10,14-15H2,2H3. The first-order valence-electron chi connectivity index (χ1n) is 11.8. The highest BCUT2D eigenvalue weighted by molar-refractivity contribution is 5.91. The molecular weight excluding hydrogens is 406 g/mol. The average molecular weight is 439 g/mol. The van der Waals surface area contributed by atoms with Crippen LogP contribution < -0.4 is 4.74 Å². The predicted octanol–water partition coefficient (Wildman–Crippen LogP) is 7.76. The van der Waals surface area contributed by atoms with Crippen LogP contribution in [0.15, 0.2) is 49.1 Å². The van der Waals surface area contributed by atoms with Gasteiger partial charge in [0.15, 0.2) is 0 Å². The van der Waals surface area contributed by atoms with Gasteiger partial charge in [0.05, 0.1) is 5.56 Å². The van der Waals surface area contributed by atoms with Gasteiger partial charge >= 0.3 is 5.97 Å². The normalized spacial score (nSPS) is 25.1. The summed E-state index contributed by atoms with van der Waals surface area (Å²) in [5.41, 5.74) is 1.30. The van der Waals surface area contributed by atoms with Gasteiger partial charge in [0.25, 0.3) is 0 Å². The van der Waals surface area contributed by atoms with Crippen LogP contribution in [0.2, 0.25) is 0 Å². The molecule has 170 valence electrons. The summed E-state index contributed by atoms with van der Waals surface area (Å²) in [6.07, 6.45) is 11.6. The molecule has 2 aromatic carbocycles. The van der Waals surface area contributed by atoms with Gasteiger partial charge in [-0.05, 0) is 105 Å². The molecule has 4 rings (SSSR count). The SMILES string of the molecule is C=CCCC1CCC2CC(c3ccc(C(=O)Oc4ccc(C)c(F)c4)c(F)c3)CCC2C1. The second-order valence-corrected chi connectivity index (χ2v) is 9.62. The number of ether oxygens (including phenoxy) is 1. The van der Waals surface area contributed by atoms with E-state index in [0.29, 0.717) is 11.5 Å². The number of hydrogen-bond acceptors (Lipinski definition) is 2. The second-order valence-electron chi connectivity index (χ2n) is 9.62. The number of aryl methyl sites for hydroxylation is 1. The number of rotatable bonds is 6. The molecule has 0 bridgehead atoms. The molecule has 0 aromatic heterocycles. The fourth-order valence-corrected chi connectivity index (χ4v) is 5.65. The van der Waals surface area contributed by atoms with Gasteiger partial charge in [-0.2, -0.15) is 0 Å². The van der Waals surface area contributed by atoms with Crippen LogP contribution in [-0.4, -0.2) is 5.97 Å². The van der Waals surface area contributed by atoms with Gasteiger partial charge in [0.2, 0.25) is 0 Å². The van der Waals surface area contributed by atoms with Crippen molar-refractivity contribution in [1.82, 2.24) is 0 Å². The second kappa shape index (κ2) is 9.97. The van der Waals surface area contributed by atoms with E-state index in [1.807, 2.05) is 12.1 Å². The van der Waals surface area contributed by atoms with Crippen molar-refractivity contribution in [1.29, 1.82) is 0 Å². The van der Waals surface area contributed by atoms with Crippen molar-refractivity contribution in [3.8, 4) is 5.75 Å². The van der Waals surface area contributed by atoms with Crippen molar-refractivity contribution >= 4 is 5.97 Å². The third-order valence-corrected chi connectivity index (χ3v) is 7.54. The first-order chi connectivity index (χ1) is 15.4. The van der Waals surface area contributed by atoms with Crippen LogP contribution in [0.4, 0.5) is 8.78 Å². The fraction of sp³-hybridized carbons (Fsp3) is 0.464. The lowest BCUT2D eigenvalue weighted by molar-refractivity contribution is 0.0729. The molecule has 0 spiro atoms. The van der Waals surface area contributed by atoms with E-state index in [9.17, 15) is 13.6 Å². The van der Waals surface area contributed by atoms with Crippen LogP contribution in [0, 0.1) is 36.3 Å². The van der Waals surface area contributed by atoms with Gasteiger partial charge < -0.3 is 4.74 Å². The number of allylic oxidation sites excluding steroid dienone is 1. The van der Waals surface area contributed by atoms with Gasteiger partial charge in [-0.15, -0.1) is 6.58 Å². The van der Waals surface area contributed by atoms with Crippen molar-refractivity contribution < 1.29 is 18.3 Å². The maximum Gasteiger partial charge on any atom is 0.346 e. The fourth-order valence-electron chi connectivity index (χ4n) is 5.65. The molecule has 4 unspecified atom stereocenters. The third kappa shape index (κ3) is 5.11. The summed E-state index contributed by atoms with van der Waals surface area (Å²) in [5.74, 6) is 0.915. The Balaban J connectivity index is 1.39. The van der Waals surface area contributed by atoms with Crippen LogP contribution in [0.3, 0.4) is 0 Å². The lowest BCUT2D eigenvalue weighted by Gasteiger charge is -2.42. The van der Waals surface area contributed by atoms with Crippen molar-refractivity contribution in [3.63, 3.8) is 0 Å². The molecule has 0 radical (unpaired) electrons. The molecule has 32 heavy (non-hydrogen) atoms. The molecule has 4 atom stereocenters. The molecule has 2 fully saturated rings. The molecule has 4 heteroatoms. The Morgan fingerprint density at radius 2 is 1.81 bits per heavy atom. The molecule has 0 aliphatic heterocycles. The summed E-state index contributed by atoms with van der Waals surface area (Å²) < 4.78 is 33.7. The van der Waals surface area contributed by atoms with E-state index < -0.39 is 17.6 Å². The first-order valence-corrected chi connectivity index (χ1v) is 11.8. The first kappa shape index (κ1) is 22.7. The molecule has 0 heterocycles. The van der Waals surface area contributed by atoms with Gasteiger partial charge in [-0.3, -0.25) is 0 Å². The van der Waals surface area contributed by atoms with Crippen LogP contribution in [0.1, 0.15) is 78.8 Å². The number of carbonyl (C=O) groups is 1. The van der Waals surface area contributed by atoms with Gasteiger partial charge in [0, 0.05) is 6.07 Å². The maximum atomic E-state index is 14.8. The molecule has 2 aromatic rings. The summed E-state index contributed by atoms with van der Waals surface area (Å²) in [6, 6.07) is 9.04. The highest BCUT2D eigenvalue weighted by atomic mass is 19.1. The summed E-state index contributed by atoms with van der Waals surface area (Å²) in [7, 11) is 0. The van der Waals surface area contributed by atoms with E-state index in [2.05, 4.69) is 6.58 Å². The quantitative estimate of drug-likeness (QED) is 0.262. The Morgan fingerprint density at radius 3 is 2.56 bits per heavy atom. The number of carbonyl (C=O) groups excluding carboxylic acids is 1. The number of hydrogen-bond donors (Lipinski definition) is 0. The van der Waals surface area contributed by atoms with E-state index in [4.69, 9.17) is 4.74 Å². The molecule has 2 aliphatic rings. The van der Waals surface area contributed by atoms with Crippen molar-refractivity contribution in [2.75, 3.05) is 0 Å². The van der Waals surface area contributed by atoms with E-state index >= 15 is 0 Å². The van der Waals surface area contributed by atoms with Crippen LogP contribution in [0.25, 0.3) is 0 Å². The molecule has 0 N–H and O–H groups in total. The highest BCUT2D eigenvalue weighted by Crippen LogP contribution is 2.48. The smallest absolute Gasteiger partial charge is 0.346 e. The number of fused-ring (bicyclic) bond motifs is 1. The zero-order chi connectivity index (χ0) is 22.7. The Morgan fingerprint density at radius 1 is 1.03 bits per heavy atom. The Labute approximate surface area is 189 Å². The summed E-state index contributed by atoms with van der Waals surface area (Å²) in [5, 5.41) is 0. The topological polar surface area (TPSA) is 26.3 Å². The Bertz CT molecular complexity index is 983. The summed E-state index contributed by atoms with van der Waals surface area (Å²) >= 11 is 0. The molecule has 2 nitrogen and oxygen atoms in total. The van der Waals surface area contributed by atoms with Crippen LogP contribution >= 0.6 is 0 Å². The molecule has 2 aliphatic carbocycles. The lowest BCUT2D eigenvalue weighted by atomic mass is 9.63. The molecule has 0 saturated heterocycles. The summed E-state index contributed by atoms with van der Waals surface area (Å²) in [4.78, 5) is 12.4. The predicted molar refractivity (Wildman–Crippen MR) is 123 cm³/mol. The van der Waals surface area contributed by atoms with Crippen LogP contribution in [-0.2, 0) is 0 Å². The van der Waals surface area contributed by atoms with E-state index in [1.54, 1.807) is 6.92 Å². The molecule has 2 saturated carbocycles. The summed E-state index contributed by atoms with van der Waals surface area (Å²) in [6.45, 7) is 5.47. The van der Waals surface area contributed by atoms with Gasteiger partial charge in [0.1, 0.15) is 17.4 Å². The minimum absolute atomic E-state index is 0.0728. The highest BCUT2D eigenvalue weighted by Gasteiger charge is 2.36. The monoisotopic (exact) mass is 438 g/mol. The van der Waals surface area contributed by atoms with Gasteiger partial charge in [-0.1, -0.05) is 24.6 Å². The molecule has 0 amide bonds. The van der Waals surface area contributed by atoms with Crippen molar-refractivity contribution in [2.45, 2.75) is 64.2 Å². The van der Waals surface area contributed by atoms with E-state index in [0.717, 1.165) is 48.6 Å². The Hall–Kier alpha value is -2.49. The molecular formula is C28H32F2O2. The largest absolute Gasteiger partial charge is 0.423 e. The maximum absolute atomic E-state index is 14.8. The zero-order valence-corrected chi connectivity index (χ0v) is 18.8. The third-order valence-electron chi connectivity index (χ3n) is 7.54. The number of benzene rings is 2.